The summed E-state index contributed by atoms with van der Waals surface area (Å²) in [6, 6.07) is 6.11. The molecule has 0 saturated carbocycles. The van der Waals surface area contributed by atoms with Gasteiger partial charge in [-0.25, -0.2) is 0 Å². The minimum atomic E-state index is -4.27. The van der Waals surface area contributed by atoms with Crippen LogP contribution in [0.4, 0.5) is 13.2 Å². The van der Waals surface area contributed by atoms with Crippen LogP contribution >= 0.6 is 11.8 Å². The summed E-state index contributed by atoms with van der Waals surface area (Å²) in [7, 11) is 0. The van der Waals surface area contributed by atoms with Gasteiger partial charge in [0.1, 0.15) is 0 Å². The Balaban J connectivity index is 2.12. The molecular formula is C10H9F3O2S. The molecule has 1 aliphatic heterocycles. The van der Waals surface area contributed by atoms with Crippen LogP contribution in [0.2, 0.25) is 0 Å². The molecule has 1 aromatic carbocycles. The summed E-state index contributed by atoms with van der Waals surface area (Å²) in [5, 5.41) is 0. The first-order valence-electron chi connectivity index (χ1n) is 4.63. The Bertz CT molecular complexity index is 361. The zero-order chi connectivity index (χ0) is 11.6. The molecule has 0 radical (unpaired) electrons. The fraction of sp³-hybridized carbons (Fsp3) is 0.400. The van der Waals surface area contributed by atoms with Crippen LogP contribution in [0.5, 0.6) is 0 Å². The lowest BCUT2D eigenvalue weighted by atomic mass is 10.2. The number of hydrogen-bond acceptors (Lipinski definition) is 3. The lowest BCUT2D eigenvalue weighted by molar-refractivity contribution is -0.0444. The fourth-order valence-electron chi connectivity index (χ4n) is 1.41. The van der Waals surface area contributed by atoms with Crippen LogP contribution in [0.25, 0.3) is 0 Å². The summed E-state index contributed by atoms with van der Waals surface area (Å²) in [5.74, 6) is 0. The molecule has 88 valence electrons. The van der Waals surface area contributed by atoms with E-state index in [9.17, 15) is 13.2 Å². The number of alkyl halides is 3. The number of benzene rings is 1. The summed E-state index contributed by atoms with van der Waals surface area (Å²) in [4.78, 5) is 0.143. The summed E-state index contributed by atoms with van der Waals surface area (Å²) in [6.45, 7) is 0.947. The van der Waals surface area contributed by atoms with Gasteiger partial charge in [-0.3, -0.25) is 0 Å². The first-order chi connectivity index (χ1) is 7.54. The molecule has 0 bridgehead atoms. The van der Waals surface area contributed by atoms with Crippen molar-refractivity contribution in [1.82, 2.24) is 0 Å². The van der Waals surface area contributed by atoms with Gasteiger partial charge < -0.3 is 9.47 Å². The van der Waals surface area contributed by atoms with E-state index in [1.807, 2.05) is 0 Å². The fourth-order valence-corrected chi connectivity index (χ4v) is 2.02. The van der Waals surface area contributed by atoms with E-state index in [0.29, 0.717) is 18.8 Å². The normalized spacial score (nSPS) is 17.9. The number of hydrogen-bond donors (Lipinski definition) is 0. The van der Waals surface area contributed by atoms with Crippen LogP contribution < -0.4 is 0 Å². The molecular weight excluding hydrogens is 241 g/mol. The van der Waals surface area contributed by atoms with E-state index in [4.69, 9.17) is 9.47 Å². The highest BCUT2D eigenvalue weighted by atomic mass is 32.2. The van der Waals surface area contributed by atoms with Crippen molar-refractivity contribution in [2.24, 2.45) is 0 Å². The lowest BCUT2D eigenvalue weighted by Gasteiger charge is -2.11. The van der Waals surface area contributed by atoms with E-state index in [0.717, 1.165) is 0 Å². The Morgan fingerprint density at radius 2 is 1.88 bits per heavy atom. The van der Waals surface area contributed by atoms with Crippen molar-refractivity contribution in [2.75, 3.05) is 13.2 Å². The summed E-state index contributed by atoms with van der Waals surface area (Å²) in [5.41, 5.74) is -3.65. The molecule has 1 heterocycles. The van der Waals surface area contributed by atoms with E-state index in [1.54, 1.807) is 12.1 Å². The van der Waals surface area contributed by atoms with E-state index in [-0.39, 0.29) is 16.7 Å². The second-order valence-electron chi connectivity index (χ2n) is 3.19. The Hall–Kier alpha value is -0.720. The first kappa shape index (κ1) is 11.8. The molecule has 16 heavy (non-hydrogen) atoms. The van der Waals surface area contributed by atoms with Crippen molar-refractivity contribution < 1.29 is 22.6 Å². The number of ether oxygens (including phenoxy) is 2. The van der Waals surface area contributed by atoms with E-state index < -0.39 is 11.8 Å². The third-order valence-electron chi connectivity index (χ3n) is 1.99. The van der Waals surface area contributed by atoms with Crippen LogP contribution in [0.15, 0.2) is 29.2 Å². The highest BCUT2D eigenvalue weighted by Gasteiger charge is 2.29. The Labute approximate surface area is 94.7 Å². The Morgan fingerprint density at radius 3 is 2.50 bits per heavy atom. The van der Waals surface area contributed by atoms with Gasteiger partial charge in [-0.2, -0.15) is 13.2 Å². The standard InChI is InChI=1S/C10H9F3O2S/c11-10(12,13)16-8-3-1-2-7(6-8)9-14-4-5-15-9/h1-3,6,9H,4-5H2. The van der Waals surface area contributed by atoms with Crippen molar-refractivity contribution in [2.45, 2.75) is 16.7 Å². The van der Waals surface area contributed by atoms with Gasteiger partial charge >= 0.3 is 5.51 Å². The van der Waals surface area contributed by atoms with E-state index >= 15 is 0 Å². The molecule has 0 spiro atoms. The zero-order valence-corrected chi connectivity index (χ0v) is 8.98. The predicted octanol–water partition coefficient (Wildman–Crippen LogP) is 3.34. The van der Waals surface area contributed by atoms with Crippen molar-refractivity contribution in [3.63, 3.8) is 0 Å². The number of rotatable bonds is 2. The van der Waals surface area contributed by atoms with Crippen molar-refractivity contribution >= 4 is 11.8 Å². The third kappa shape index (κ3) is 3.13. The van der Waals surface area contributed by atoms with Crippen LogP contribution in [0.3, 0.4) is 0 Å². The summed E-state index contributed by atoms with van der Waals surface area (Å²) >= 11 is -0.137. The molecule has 0 atom stereocenters. The Morgan fingerprint density at radius 1 is 1.19 bits per heavy atom. The third-order valence-corrected chi connectivity index (χ3v) is 2.71. The summed E-state index contributed by atoms with van der Waals surface area (Å²) < 4.78 is 46.9. The van der Waals surface area contributed by atoms with E-state index in [1.165, 1.54) is 12.1 Å². The second-order valence-corrected chi connectivity index (χ2v) is 4.33. The molecule has 2 rings (SSSR count). The molecule has 0 unspecified atom stereocenters. The van der Waals surface area contributed by atoms with Gasteiger partial charge in [0, 0.05) is 10.5 Å². The largest absolute Gasteiger partial charge is 0.446 e. The SMILES string of the molecule is FC(F)(F)Sc1cccc(C2OCCO2)c1. The highest BCUT2D eigenvalue weighted by molar-refractivity contribution is 8.00. The zero-order valence-electron chi connectivity index (χ0n) is 8.16. The maximum atomic E-state index is 12.2. The lowest BCUT2D eigenvalue weighted by Crippen LogP contribution is -2.01. The average molecular weight is 250 g/mol. The summed E-state index contributed by atoms with van der Waals surface area (Å²) in [6.07, 6.45) is -0.534. The maximum Gasteiger partial charge on any atom is 0.446 e. The molecule has 1 aliphatic rings. The number of thioether (sulfide) groups is 1. The molecule has 0 aliphatic carbocycles. The molecule has 1 fully saturated rings. The monoisotopic (exact) mass is 250 g/mol. The maximum absolute atomic E-state index is 12.2. The highest BCUT2D eigenvalue weighted by Crippen LogP contribution is 2.38. The van der Waals surface area contributed by atoms with Gasteiger partial charge in [0.15, 0.2) is 6.29 Å². The smallest absolute Gasteiger partial charge is 0.346 e. The van der Waals surface area contributed by atoms with Crippen LogP contribution in [0.1, 0.15) is 11.9 Å². The van der Waals surface area contributed by atoms with Crippen molar-refractivity contribution in [3.8, 4) is 0 Å². The van der Waals surface area contributed by atoms with E-state index in [2.05, 4.69) is 0 Å². The van der Waals surface area contributed by atoms with Crippen LogP contribution in [-0.2, 0) is 9.47 Å². The minimum absolute atomic E-state index is 0.137. The molecule has 1 aromatic rings. The molecule has 6 heteroatoms. The minimum Gasteiger partial charge on any atom is -0.346 e. The molecule has 0 N–H and O–H groups in total. The molecule has 0 aromatic heterocycles. The quantitative estimate of drug-likeness (QED) is 0.750. The molecule has 2 nitrogen and oxygen atoms in total. The van der Waals surface area contributed by atoms with Crippen molar-refractivity contribution in [1.29, 1.82) is 0 Å². The first-order valence-corrected chi connectivity index (χ1v) is 5.45. The average Bonchev–Trinajstić information content (AvgIpc) is 2.68. The van der Waals surface area contributed by atoms with Crippen LogP contribution in [-0.4, -0.2) is 18.7 Å². The Kier molecular flexibility index (Phi) is 3.41. The van der Waals surface area contributed by atoms with Gasteiger partial charge in [-0.15, -0.1) is 0 Å². The van der Waals surface area contributed by atoms with Gasteiger partial charge in [0.2, 0.25) is 0 Å². The van der Waals surface area contributed by atoms with Gasteiger partial charge in [-0.1, -0.05) is 12.1 Å². The van der Waals surface area contributed by atoms with Gasteiger partial charge in [0.05, 0.1) is 13.2 Å². The predicted molar refractivity (Wildman–Crippen MR) is 53.0 cm³/mol. The van der Waals surface area contributed by atoms with Gasteiger partial charge in [-0.05, 0) is 23.9 Å². The molecule has 0 amide bonds. The van der Waals surface area contributed by atoms with Crippen LogP contribution in [0, 0.1) is 0 Å². The van der Waals surface area contributed by atoms with Crippen molar-refractivity contribution in [3.05, 3.63) is 29.8 Å². The second kappa shape index (κ2) is 4.65. The topological polar surface area (TPSA) is 18.5 Å². The number of halogens is 3. The van der Waals surface area contributed by atoms with Gasteiger partial charge in [0.25, 0.3) is 0 Å². The molecule has 1 saturated heterocycles.